The highest BCUT2D eigenvalue weighted by atomic mass is 127. The van der Waals surface area contributed by atoms with Crippen LogP contribution in [0.3, 0.4) is 0 Å². The second-order valence-corrected chi connectivity index (χ2v) is 6.24. The summed E-state index contributed by atoms with van der Waals surface area (Å²) in [4.78, 5) is 26.0. The van der Waals surface area contributed by atoms with Crippen molar-refractivity contribution in [3.63, 3.8) is 0 Å². The Balaban J connectivity index is 2.14. The number of hydrogen-bond acceptors (Lipinski definition) is 2. The van der Waals surface area contributed by atoms with E-state index in [1.165, 1.54) is 0 Å². The molecule has 0 radical (unpaired) electrons. The van der Waals surface area contributed by atoms with Crippen molar-refractivity contribution in [2.45, 2.75) is 6.92 Å². The van der Waals surface area contributed by atoms with Crippen LogP contribution >= 0.6 is 34.2 Å². The minimum Gasteiger partial charge on any atom is -0.268 e. The first-order chi connectivity index (χ1) is 9.49. The number of carbonyl (C=O) groups excluding carboxylic acids is 2. The van der Waals surface area contributed by atoms with E-state index in [0.29, 0.717) is 21.8 Å². The van der Waals surface area contributed by atoms with Crippen molar-refractivity contribution >= 4 is 51.7 Å². The summed E-state index contributed by atoms with van der Waals surface area (Å²) in [5.74, 6) is -0.648. The highest BCUT2D eigenvalue weighted by Crippen LogP contribution is 2.34. The summed E-state index contributed by atoms with van der Waals surface area (Å²) in [6.45, 7) is 1.89. The first kappa shape index (κ1) is 13.6. The van der Waals surface area contributed by atoms with Gasteiger partial charge in [0.2, 0.25) is 0 Å². The van der Waals surface area contributed by atoms with Crippen molar-refractivity contribution in [2.75, 3.05) is 4.90 Å². The number of hydrogen-bond donors (Lipinski definition) is 0. The normalized spacial score (nSPS) is 13.8. The molecule has 100 valence electrons. The molecule has 1 aliphatic heterocycles. The van der Waals surface area contributed by atoms with Crippen LogP contribution in [0, 0.1) is 10.5 Å². The van der Waals surface area contributed by atoms with Crippen LogP contribution in [-0.4, -0.2) is 11.8 Å². The van der Waals surface area contributed by atoms with E-state index in [4.69, 9.17) is 11.6 Å². The van der Waals surface area contributed by atoms with Gasteiger partial charge in [-0.1, -0.05) is 23.2 Å². The van der Waals surface area contributed by atoms with Gasteiger partial charge in [-0.3, -0.25) is 9.59 Å². The molecule has 0 N–H and O–H groups in total. The molecule has 2 aromatic rings. The number of nitrogens with zero attached hydrogens (tertiary/aromatic N) is 1. The van der Waals surface area contributed by atoms with Gasteiger partial charge >= 0.3 is 0 Å². The van der Waals surface area contributed by atoms with Crippen molar-refractivity contribution in [3.05, 3.63) is 61.7 Å². The van der Waals surface area contributed by atoms with E-state index < -0.39 is 0 Å². The van der Waals surface area contributed by atoms with Gasteiger partial charge in [-0.15, -0.1) is 0 Å². The molecule has 0 aromatic heterocycles. The molecule has 0 saturated carbocycles. The Labute approximate surface area is 134 Å². The fourth-order valence-electron chi connectivity index (χ4n) is 2.24. The van der Waals surface area contributed by atoms with Crippen LogP contribution in [0.15, 0.2) is 36.4 Å². The maximum absolute atomic E-state index is 12.4. The first-order valence-electron chi connectivity index (χ1n) is 5.93. The van der Waals surface area contributed by atoms with Gasteiger partial charge in [0.25, 0.3) is 11.8 Å². The molecule has 20 heavy (non-hydrogen) atoms. The molecular weight excluding hydrogens is 389 g/mol. The number of fused-ring (bicyclic) bond motifs is 1. The number of amides is 2. The van der Waals surface area contributed by atoms with Crippen molar-refractivity contribution in [1.29, 1.82) is 0 Å². The van der Waals surface area contributed by atoms with Gasteiger partial charge in [-0.25, -0.2) is 4.90 Å². The number of carbonyl (C=O) groups is 2. The minimum atomic E-state index is -0.326. The van der Waals surface area contributed by atoms with Crippen LogP contribution < -0.4 is 4.90 Å². The lowest BCUT2D eigenvalue weighted by molar-refractivity contribution is 0.0926. The Kier molecular flexibility index (Phi) is 3.30. The largest absolute Gasteiger partial charge is 0.268 e. The van der Waals surface area contributed by atoms with Gasteiger partial charge in [0, 0.05) is 3.57 Å². The van der Waals surface area contributed by atoms with E-state index in [1.807, 2.05) is 19.1 Å². The lowest BCUT2D eigenvalue weighted by atomic mass is 10.1. The summed E-state index contributed by atoms with van der Waals surface area (Å²) in [6, 6.07) is 10.5. The lowest BCUT2D eigenvalue weighted by Crippen LogP contribution is -2.29. The predicted molar refractivity (Wildman–Crippen MR) is 86.5 cm³/mol. The number of rotatable bonds is 1. The molecule has 2 amide bonds. The fraction of sp³-hybridized carbons (Fsp3) is 0.0667. The molecule has 0 unspecified atom stereocenters. The van der Waals surface area contributed by atoms with E-state index in [9.17, 15) is 9.59 Å². The van der Waals surface area contributed by atoms with Gasteiger partial charge in [0.1, 0.15) is 0 Å². The Hall–Kier alpha value is -1.40. The number of imide groups is 1. The van der Waals surface area contributed by atoms with Crippen molar-refractivity contribution < 1.29 is 9.59 Å². The van der Waals surface area contributed by atoms with Crippen LogP contribution in [-0.2, 0) is 0 Å². The standard InChI is InChI=1S/C15H9ClINO2/c1-8-2-4-10-11(6-8)15(20)18(14(10)19)13-5-3-9(17)7-12(13)16/h2-7H,1H3. The van der Waals surface area contributed by atoms with E-state index in [2.05, 4.69) is 22.6 Å². The molecule has 1 aliphatic rings. The number of benzene rings is 2. The molecule has 0 saturated heterocycles. The topological polar surface area (TPSA) is 37.4 Å². The molecule has 0 aliphatic carbocycles. The van der Waals surface area contributed by atoms with E-state index >= 15 is 0 Å². The molecule has 5 heteroatoms. The molecule has 0 spiro atoms. The lowest BCUT2D eigenvalue weighted by Gasteiger charge is -2.15. The Bertz CT molecular complexity index is 758. The van der Waals surface area contributed by atoms with Crippen LogP contribution in [0.25, 0.3) is 0 Å². The number of halogens is 2. The summed E-state index contributed by atoms with van der Waals surface area (Å²) < 4.78 is 0.948. The first-order valence-corrected chi connectivity index (χ1v) is 7.39. The summed E-state index contributed by atoms with van der Waals surface area (Å²) in [5, 5.41) is 0.392. The van der Waals surface area contributed by atoms with Gasteiger partial charge in [-0.2, -0.15) is 0 Å². The molecule has 1 heterocycles. The highest BCUT2D eigenvalue weighted by molar-refractivity contribution is 14.1. The average Bonchev–Trinajstić information content (AvgIpc) is 2.63. The van der Waals surface area contributed by atoms with Gasteiger partial charge in [-0.05, 0) is 59.8 Å². The predicted octanol–water partition coefficient (Wildman–Crippen LogP) is 4.05. The Morgan fingerprint density at radius 2 is 1.70 bits per heavy atom. The summed E-state index contributed by atoms with van der Waals surface area (Å²) in [6.07, 6.45) is 0. The molecule has 0 bridgehead atoms. The molecule has 3 rings (SSSR count). The zero-order valence-electron chi connectivity index (χ0n) is 10.5. The van der Waals surface area contributed by atoms with Gasteiger partial charge < -0.3 is 0 Å². The number of aryl methyl sites for hydroxylation is 1. The second-order valence-electron chi connectivity index (χ2n) is 4.59. The highest BCUT2D eigenvalue weighted by Gasteiger charge is 2.37. The third kappa shape index (κ3) is 2.03. The summed E-state index contributed by atoms with van der Waals surface area (Å²) >= 11 is 8.29. The molecular formula is C15H9ClINO2. The van der Waals surface area contributed by atoms with Crippen LogP contribution in [0.2, 0.25) is 5.02 Å². The van der Waals surface area contributed by atoms with Crippen LogP contribution in [0.1, 0.15) is 26.3 Å². The van der Waals surface area contributed by atoms with Crippen LogP contribution in [0.5, 0.6) is 0 Å². The van der Waals surface area contributed by atoms with Crippen molar-refractivity contribution in [3.8, 4) is 0 Å². The third-order valence-corrected chi connectivity index (χ3v) is 4.17. The zero-order chi connectivity index (χ0) is 14.4. The van der Waals surface area contributed by atoms with E-state index in [1.54, 1.807) is 24.3 Å². The fourth-order valence-corrected chi connectivity index (χ4v) is 3.18. The molecule has 2 aromatic carbocycles. The number of anilines is 1. The van der Waals surface area contributed by atoms with Crippen LogP contribution in [0.4, 0.5) is 5.69 Å². The van der Waals surface area contributed by atoms with E-state index in [-0.39, 0.29) is 11.8 Å². The molecule has 0 atom stereocenters. The third-order valence-electron chi connectivity index (χ3n) is 3.19. The minimum absolute atomic E-state index is 0.322. The summed E-state index contributed by atoms with van der Waals surface area (Å²) in [7, 11) is 0. The Morgan fingerprint density at radius 3 is 2.40 bits per heavy atom. The molecule has 3 nitrogen and oxygen atoms in total. The van der Waals surface area contributed by atoms with Gasteiger partial charge in [0.05, 0.1) is 21.8 Å². The van der Waals surface area contributed by atoms with E-state index in [0.717, 1.165) is 14.0 Å². The maximum Gasteiger partial charge on any atom is 0.266 e. The smallest absolute Gasteiger partial charge is 0.266 e. The average molecular weight is 398 g/mol. The second kappa shape index (κ2) is 4.86. The van der Waals surface area contributed by atoms with Gasteiger partial charge in [0.15, 0.2) is 0 Å². The maximum atomic E-state index is 12.4. The SMILES string of the molecule is Cc1ccc2c(c1)C(=O)N(c1ccc(I)cc1Cl)C2=O. The summed E-state index contributed by atoms with van der Waals surface area (Å²) in [5.41, 5.74) is 2.23. The Morgan fingerprint density at radius 1 is 1.00 bits per heavy atom. The quantitative estimate of drug-likeness (QED) is 0.538. The monoisotopic (exact) mass is 397 g/mol. The van der Waals surface area contributed by atoms with Crippen molar-refractivity contribution in [2.24, 2.45) is 0 Å². The zero-order valence-corrected chi connectivity index (χ0v) is 13.4. The van der Waals surface area contributed by atoms with Crippen molar-refractivity contribution in [1.82, 2.24) is 0 Å². The molecule has 0 fully saturated rings.